The van der Waals surface area contributed by atoms with Gasteiger partial charge in [0, 0.05) is 41.7 Å². The van der Waals surface area contributed by atoms with Crippen LogP contribution in [0.4, 0.5) is 5.82 Å². The zero-order chi connectivity index (χ0) is 25.6. The lowest BCUT2D eigenvalue weighted by Gasteiger charge is -2.33. The molecule has 1 aliphatic rings. The normalized spacial score (nSPS) is 15.4. The molecule has 186 valence electrons. The molecule has 36 heavy (non-hydrogen) atoms. The molecule has 1 amide bonds. The van der Waals surface area contributed by atoms with Crippen LogP contribution in [0.15, 0.2) is 29.9 Å². The molecule has 0 bridgehead atoms. The number of carbonyl (C=O) groups excluding carboxylic acids is 2. The third-order valence-corrected chi connectivity index (χ3v) is 7.34. The molecule has 0 aliphatic carbocycles. The summed E-state index contributed by atoms with van der Waals surface area (Å²) in [5, 5.41) is 17.0. The Hall–Kier alpha value is -3.70. The first-order valence-electron chi connectivity index (χ1n) is 11.8. The van der Waals surface area contributed by atoms with Gasteiger partial charge in [0.1, 0.15) is 11.9 Å². The molecule has 3 N–H and O–H groups in total. The molecule has 5 heterocycles. The van der Waals surface area contributed by atoms with Crippen LogP contribution in [0, 0.1) is 6.92 Å². The molecule has 5 rings (SSSR count). The number of hydrogen-bond acceptors (Lipinski definition) is 9. The van der Waals surface area contributed by atoms with E-state index in [1.807, 2.05) is 24.4 Å². The summed E-state index contributed by atoms with van der Waals surface area (Å²) in [6, 6.07) is 3.86. The number of likely N-dealkylation sites (tertiary alicyclic amines) is 1. The highest BCUT2D eigenvalue weighted by molar-refractivity contribution is 7.09. The molecule has 1 saturated heterocycles. The van der Waals surface area contributed by atoms with E-state index in [1.165, 1.54) is 18.4 Å². The van der Waals surface area contributed by atoms with Crippen LogP contribution < -0.4 is 5.73 Å². The number of fused-ring (bicyclic) bond motifs is 1. The van der Waals surface area contributed by atoms with Crippen molar-refractivity contribution in [3.8, 4) is 22.5 Å². The third-order valence-electron chi connectivity index (χ3n) is 6.57. The van der Waals surface area contributed by atoms with Gasteiger partial charge in [0.05, 0.1) is 33.8 Å². The second-order valence-electron chi connectivity index (χ2n) is 9.07. The van der Waals surface area contributed by atoms with Crippen molar-refractivity contribution in [2.24, 2.45) is 0 Å². The van der Waals surface area contributed by atoms with E-state index in [0.29, 0.717) is 42.8 Å². The number of nitrogens with zero attached hydrogens (tertiary/aromatic N) is 6. The Balaban J connectivity index is 1.52. The van der Waals surface area contributed by atoms with Crippen LogP contribution >= 0.6 is 11.3 Å². The molecule has 1 atom stereocenters. The number of amides is 1. The van der Waals surface area contributed by atoms with Gasteiger partial charge in [-0.2, -0.15) is 9.61 Å². The molecular weight excluding hydrogens is 478 g/mol. The summed E-state index contributed by atoms with van der Waals surface area (Å²) in [5.74, 6) is -0.268. The molecule has 11 heteroatoms. The highest BCUT2D eigenvalue weighted by Gasteiger charge is 2.31. The zero-order valence-electron chi connectivity index (χ0n) is 20.3. The SMILES string of the molecule is CC(=O)c1c(C2CCN(C(=O)[C@@H](C)O)CC2)nc2c(-c3ccc(-c4csc(C)n4)nc3)cnn2c1N. The third kappa shape index (κ3) is 4.24. The van der Waals surface area contributed by atoms with Crippen LogP contribution in [0.1, 0.15) is 53.7 Å². The van der Waals surface area contributed by atoms with Crippen molar-refractivity contribution in [2.45, 2.75) is 45.6 Å². The number of piperidine rings is 1. The van der Waals surface area contributed by atoms with E-state index in [4.69, 9.17) is 10.7 Å². The summed E-state index contributed by atoms with van der Waals surface area (Å²) in [5.41, 5.74) is 11.2. The second-order valence-corrected chi connectivity index (χ2v) is 10.1. The van der Waals surface area contributed by atoms with E-state index in [1.54, 1.807) is 28.6 Å². The van der Waals surface area contributed by atoms with Gasteiger partial charge in [-0.25, -0.2) is 9.97 Å². The maximum atomic E-state index is 12.6. The topological polar surface area (TPSA) is 140 Å². The van der Waals surface area contributed by atoms with Gasteiger partial charge in [-0.05, 0) is 39.7 Å². The van der Waals surface area contributed by atoms with Crippen LogP contribution in [-0.4, -0.2) is 65.5 Å². The van der Waals surface area contributed by atoms with E-state index >= 15 is 0 Å². The summed E-state index contributed by atoms with van der Waals surface area (Å²) >= 11 is 1.58. The van der Waals surface area contributed by atoms with Gasteiger partial charge in [0.15, 0.2) is 11.4 Å². The van der Waals surface area contributed by atoms with Crippen molar-refractivity contribution in [1.29, 1.82) is 0 Å². The summed E-state index contributed by atoms with van der Waals surface area (Å²) < 4.78 is 1.50. The highest BCUT2D eigenvalue weighted by Crippen LogP contribution is 2.35. The molecule has 1 aliphatic heterocycles. The van der Waals surface area contributed by atoms with E-state index in [0.717, 1.165) is 27.5 Å². The monoisotopic (exact) mass is 505 g/mol. The van der Waals surface area contributed by atoms with Crippen molar-refractivity contribution >= 4 is 34.5 Å². The van der Waals surface area contributed by atoms with Crippen molar-refractivity contribution in [1.82, 2.24) is 29.5 Å². The first-order chi connectivity index (χ1) is 17.2. The Morgan fingerprint density at radius 3 is 2.50 bits per heavy atom. The van der Waals surface area contributed by atoms with Gasteiger partial charge in [-0.15, -0.1) is 11.3 Å². The molecule has 0 saturated carbocycles. The number of pyridine rings is 1. The molecule has 0 aromatic carbocycles. The number of Topliss-reactive ketones (excluding diaryl/α,β-unsaturated/α-hetero) is 1. The summed E-state index contributed by atoms with van der Waals surface area (Å²) in [7, 11) is 0. The number of aliphatic hydroxyl groups is 1. The van der Waals surface area contributed by atoms with Crippen molar-refractivity contribution in [2.75, 3.05) is 18.8 Å². The quantitative estimate of drug-likeness (QED) is 0.394. The lowest BCUT2D eigenvalue weighted by Crippen LogP contribution is -2.42. The standard InChI is InChI=1S/C25H27N7O3S/c1-13(33)21-22(16-6-8-31(9-7-16)25(35)14(2)34)30-24-18(11-28-32(24)23(21)26)17-4-5-19(27-10-17)20-12-36-15(3)29-20/h4-5,10-12,14,16,34H,6-9,26H2,1-3H3/t14-/m1/s1. The lowest BCUT2D eigenvalue weighted by atomic mass is 9.89. The minimum atomic E-state index is -1.03. The highest BCUT2D eigenvalue weighted by atomic mass is 32.1. The number of rotatable bonds is 5. The number of nitrogens with two attached hydrogens (primary N) is 1. The molecule has 4 aromatic rings. The Kier molecular flexibility index (Phi) is 6.27. The molecule has 0 unspecified atom stereocenters. The number of hydrogen-bond donors (Lipinski definition) is 2. The van der Waals surface area contributed by atoms with Gasteiger partial charge in [-0.3, -0.25) is 14.6 Å². The van der Waals surface area contributed by atoms with Crippen LogP contribution in [0.3, 0.4) is 0 Å². The summed E-state index contributed by atoms with van der Waals surface area (Å²) in [6.07, 6.45) is 3.65. The van der Waals surface area contributed by atoms with Crippen molar-refractivity contribution in [3.63, 3.8) is 0 Å². The predicted octanol–water partition coefficient (Wildman–Crippen LogP) is 3.09. The number of ketones is 1. The average Bonchev–Trinajstić information content (AvgIpc) is 3.50. The maximum Gasteiger partial charge on any atom is 0.251 e. The van der Waals surface area contributed by atoms with Crippen LogP contribution in [0.5, 0.6) is 0 Å². The fraction of sp³-hybridized carbons (Fsp3) is 0.360. The van der Waals surface area contributed by atoms with Crippen molar-refractivity contribution < 1.29 is 14.7 Å². The molecule has 10 nitrogen and oxygen atoms in total. The minimum absolute atomic E-state index is 0.0506. The van der Waals surface area contributed by atoms with E-state index in [2.05, 4.69) is 15.1 Å². The zero-order valence-corrected chi connectivity index (χ0v) is 21.1. The molecule has 4 aromatic heterocycles. The summed E-state index contributed by atoms with van der Waals surface area (Å²) in [6.45, 7) is 5.86. The molecular formula is C25H27N7O3S. The Labute approximate surface area is 211 Å². The van der Waals surface area contributed by atoms with E-state index in [-0.39, 0.29) is 23.4 Å². The maximum absolute atomic E-state index is 12.6. The number of aryl methyl sites for hydroxylation is 1. The number of aromatic nitrogens is 5. The second kappa shape index (κ2) is 9.40. The fourth-order valence-corrected chi connectivity index (χ4v) is 5.32. The summed E-state index contributed by atoms with van der Waals surface area (Å²) in [4.78, 5) is 40.4. The lowest BCUT2D eigenvalue weighted by molar-refractivity contribution is -0.140. The number of carbonyl (C=O) groups is 2. The van der Waals surface area contributed by atoms with Crippen LogP contribution in [-0.2, 0) is 4.79 Å². The number of anilines is 1. The fourth-order valence-electron chi connectivity index (χ4n) is 4.72. The number of aliphatic hydroxyl groups excluding tert-OH is 1. The Morgan fingerprint density at radius 2 is 1.92 bits per heavy atom. The van der Waals surface area contributed by atoms with Crippen LogP contribution in [0.25, 0.3) is 28.2 Å². The largest absolute Gasteiger partial charge is 0.384 e. The Morgan fingerprint density at radius 1 is 1.17 bits per heavy atom. The smallest absolute Gasteiger partial charge is 0.251 e. The van der Waals surface area contributed by atoms with E-state index in [9.17, 15) is 14.7 Å². The molecule has 0 spiro atoms. The first-order valence-corrected chi connectivity index (χ1v) is 12.7. The van der Waals surface area contributed by atoms with E-state index < -0.39 is 6.10 Å². The van der Waals surface area contributed by atoms with Gasteiger partial charge < -0.3 is 15.7 Å². The van der Waals surface area contributed by atoms with Crippen LogP contribution in [0.2, 0.25) is 0 Å². The predicted molar refractivity (Wildman–Crippen MR) is 137 cm³/mol. The molecule has 1 fully saturated rings. The first kappa shape index (κ1) is 24.0. The van der Waals surface area contributed by atoms with Gasteiger partial charge in [-0.1, -0.05) is 6.07 Å². The van der Waals surface area contributed by atoms with Gasteiger partial charge >= 0.3 is 0 Å². The number of thiazole rings is 1. The molecule has 0 radical (unpaired) electrons. The Bertz CT molecular complexity index is 1450. The van der Waals surface area contributed by atoms with Gasteiger partial charge in [0.25, 0.3) is 5.91 Å². The van der Waals surface area contributed by atoms with Crippen molar-refractivity contribution in [3.05, 3.63) is 46.2 Å². The number of nitrogen functional groups attached to an aromatic ring is 1. The van der Waals surface area contributed by atoms with Gasteiger partial charge in [0.2, 0.25) is 0 Å². The minimum Gasteiger partial charge on any atom is -0.384 e. The average molecular weight is 506 g/mol.